The number of amides is 1. The summed E-state index contributed by atoms with van der Waals surface area (Å²) in [5.74, 6) is 0.211. The number of β-amino-alcohol motifs (C(OH)–C–C–N with tert-alkyl or cyclic N) is 1. The van der Waals surface area contributed by atoms with Crippen LogP contribution in [0.2, 0.25) is 10.0 Å². The molecular formula is C35H36Cl2FN5O6. The van der Waals surface area contributed by atoms with Gasteiger partial charge in [-0.3, -0.25) is 4.90 Å². The van der Waals surface area contributed by atoms with Crippen molar-refractivity contribution < 1.29 is 32.9 Å². The molecule has 5 rings (SSSR count). The topological polar surface area (TPSA) is 134 Å². The second kappa shape index (κ2) is 15.4. The highest BCUT2D eigenvalue weighted by molar-refractivity contribution is 6.32. The SMILES string of the molecule is Cc1cc(OCC(O)CN2CCN(C(=O)OC(C)(C)C)CC2)ccc1-c1nnc(Cc2ccc(Cl)c(Oc3cc(Cl)cc(C#N)c3)c2F)o1. The fourth-order valence-corrected chi connectivity index (χ4v) is 5.56. The zero-order valence-corrected chi connectivity index (χ0v) is 29.0. The van der Waals surface area contributed by atoms with Crippen molar-refractivity contribution in [3.63, 3.8) is 0 Å². The lowest BCUT2D eigenvalue weighted by Crippen LogP contribution is -2.51. The van der Waals surface area contributed by atoms with E-state index in [2.05, 4.69) is 15.1 Å². The first-order valence-corrected chi connectivity index (χ1v) is 16.3. The molecule has 3 aromatic carbocycles. The lowest BCUT2D eigenvalue weighted by Gasteiger charge is -2.36. The molecule has 1 unspecified atom stereocenters. The number of halogens is 3. The Balaban J connectivity index is 1.15. The van der Waals surface area contributed by atoms with Crippen LogP contribution in [0.4, 0.5) is 9.18 Å². The molecule has 1 atom stereocenters. The Morgan fingerprint density at radius 1 is 1.08 bits per heavy atom. The van der Waals surface area contributed by atoms with Crippen molar-refractivity contribution in [3.05, 3.63) is 87.0 Å². The molecule has 1 saturated heterocycles. The molecule has 14 heteroatoms. The van der Waals surface area contributed by atoms with E-state index in [0.29, 0.717) is 44.0 Å². The maximum atomic E-state index is 15.5. The number of aryl methyl sites for hydroxylation is 1. The molecule has 0 spiro atoms. The molecule has 0 aliphatic carbocycles. The first-order chi connectivity index (χ1) is 23.3. The van der Waals surface area contributed by atoms with Gasteiger partial charge in [-0.05, 0) is 75.7 Å². The number of aliphatic hydroxyl groups is 1. The van der Waals surface area contributed by atoms with Crippen LogP contribution in [0.25, 0.3) is 11.5 Å². The van der Waals surface area contributed by atoms with Gasteiger partial charge in [0.25, 0.3) is 0 Å². The standard InChI is InChI=1S/C35H36Cl2FN5O6/c1-21-13-26(46-20-25(44)19-42-9-11-43(12-10-42)34(45)49-35(2,3)4)6-7-28(21)33-41-40-30(48-33)16-23-5-8-29(37)32(31(23)38)47-27-15-22(18-39)14-24(36)17-27/h5-8,13-15,17,25,44H,9-12,16,19-20H2,1-4H3. The monoisotopic (exact) mass is 711 g/mol. The number of nitrogens with zero attached hydrogens (tertiary/aromatic N) is 5. The number of piperazine rings is 1. The number of nitriles is 1. The zero-order chi connectivity index (χ0) is 35.3. The number of aliphatic hydroxyl groups excluding tert-OH is 1. The molecule has 0 bridgehead atoms. The molecule has 2 heterocycles. The average molecular weight is 713 g/mol. The molecule has 0 radical (unpaired) electrons. The van der Waals surface area contributed by atoms with Crippen LogP contribution in [0.1, 0.15) is 43.4 Å². The smallest absolute Gasteiger partial charge is 0.410 e. The van der Waals surface area contributed by atoms with Crippen LogP contribution < -0.4 is 9.47 Å². The Morgan fingerprint density at radius 3 is 2.53 bits per heavy atom. The normalized spacial score (nSPS) is 14.3. The summed E-state index contributed by atoms with van der Waals surface area (Å²) in [4.78, 5) is 16.1. The number of carbonyl (C=O) groups excluding carboxylic acids is 1. The van der Waals surface area contributed by atoms with Gasteiger partial charge in [-0.25, -0.2) is 9.18 Å². The molecule has 4 aromatic rings. The zero-order valence-electron chi connectivity index (χ0n) is 27.5. The van der Waals surface area contributed by atoms with E-state index in [1.807, 2.05) is 39.8 Å². The molecule has 1 amide bonds. The Kier molecular flexibility index (Phi) is 11.3. The summed E-state index contributed by atoms with van der Waals surface area (Å²) in [6, 6.07) is 14.6. The third kappa shape index (κ3) is 9.61. The Morgan fingerprint density at radius 2 is 1.84 bits per heavy atom. The van der Waals surface area contributed by atoms with Crippen molar-refractivity contribution in [2.75, 3.05) is 39.3 Å². The highest BCUT2D eigenvalue weighted by Gasteiger charge is 2.27. The van der Waals surface area contributed by atoms with E-state index in [1.165, 1.54) is 30.3 Å². The predicted octanol–water partition coefficient (Wildman–Crippen LogP) is 7.04. The van der Waals surface area contributed by atoms with Gasteiger partial charge in [0.1, 0.15) is 29.8 Å². The number of aromatic nitrogens is 2. The van der Waals surface area contributed by atoms with Gasteiger partial charge in [0.05, 0.1) is 23.1 Å². The van der Waals surface area contributed by atoms with Gasteiger partial charge in [-0.2, -0.15) is 5.26 Å². The van der Waals surface area contributed by atoms with Gasteiger partial charge in [-0.15, -0.1) is 10.2 Å². The summed E-state index contributed by atoms with van der Waals surface area (Å²) in [6.45, 7) is 10.2. The van der Waals surface area contributed by atoms with Crippen LogP contribution in [0.15, 0.2) is 52.9 Å². The van der Waals surface area contributed by atoms with Crippen molar-refractivity contribution in [2.24, 2.45) is 0 Å². The first kappa shape index (κ1) is 35.9. The first-order valence-electron chi connectivity index (χ1n) is 15.6. The van der Waals surface area contributed by atoms with E-state index in [9.17, 15) is 15.2 Å². The van der Waals surface area contributed by atoms with Crippen LogP contribution in [-0.4, -0.2) is 82.2 Å². The minimum atomic E-state index is -0.730. The van der Waals surface area contributed by atoms with Crippen molar-refractivity contribution in [2.45, 2.75) is 45.8 Å². The van der Waals surface area contributed by atoms with Crippen LogP contribution >= 0.6 is 23.2 Å². The van der Waals surface area contributed by atoms with Crippen molar-refractivity contribution >= 4 is 29.3 Å². The summed E-state index contributed by atoms with van der Waals surface area (Å²) >= 11 is 12.3. The van der Waals surface area contributed by atoms with Crippen molar-refractivity contribution in [1.82, 2.24) is 20.0 Å². The minimum Gasteiger partial charge on any atom is -0.491 e. The number of carbonyl (C=O) groups is 1. The van der Waals surface area contributed by atoms with E-state index in [1.54, 1.807) is 17.0 Å². The van der Waals surface area contributed by atoms with Crippen LogP contribution in [0.3, 0.4) is 0 Å². The second-order valence-electron chi connectivity index (χ2n) is 12.6. The van der Waals surface area contributed by atoms with E-state index >= 15 is 4.39 Å². The molecule has 1 aromatic heterocycles. The number of rotatable bonds is 10. The van der Waals surface area contributed by atoms with E-state index in [4.69, 9.17) is 41.8 Å². The number of hydrogen-bond acceptors (Lipinski definition) is 10. The molecule has 49 heavy (non-hydrogen) atoms. The molecule has 1 fully saturated rings. The Hall–Kier alpha value is -4.41. The van der Waals surface area contributed by atoms with Gasteiger partial charge in [0, 0.05) is 48.9 Å². The fourth-order valence-electron chi connectivity index (χ4n) is 5.15. The third-order valence-electron chi connectivity index (χ3n) is 7.52. The fraction of sp³-hybridized carbons (Fsp3) is 0.371. The highest BCUT2D eigenvalue weighted by atomic mass is 35.5. The molecule has 11 nitrogen and oxygen atoms in total. The number of ether oxygens (including phenoxy) is 3. The maximum Gasteiger partial charge on any atom is 0.410 e. The molecular weight excluding hydrogens is 676 g/mol. The highest BCUT2D eigenvalue weighted by Crippen LogP contribution is 2.36. The number of hydrogen-bond donors (Lipinski definition) is 1. The van der Waals surface area contributed by atoms with Gasteiger partial charge in [0.15, 0.2) is 11.6 Å². The van der Waals surface area contributed by atoms with E-state index in [-0.39, 0.29) is 63.6 Å². The Bertz CT molecular complexity index is 1850. The summed E-state index contributed by atoms with van der Waals surface area (Å²) in [5.41, 5.74) is 1.39. The van der Waals surface area contributed by atoms with Crippen LogP contribution in [-0.2, 0) is 11.2 Å². The maximum absolute atomic E-state index is 15.5. The third-order valence-corrected chi connectivity index (χ3v) is 8.04. The molecule has 1 aliphatic heterocycles. The van der Waals surface area contributed by atoms with Crippen LogP contribution in [0, 0.1) is 24.1 Å². The van der Waals surface area contributed by atoms with Gasteiger partial charge in [-0.1, -0.05) is 29.3 Å². The largest absolute Gasteiger partial charge is 0.491 e. The summed E-state index contributed by atoms with van der Waals surface area (Å²) in [7, 11) is 0. The quantitative estimate of drug-likeness (QED) is 0.183. The summed E-state index contributed by atoms with van der Waals surface area (Å²) < 4.78 is 38.4. The van der Waals surface area contributed by atoms with Crippen LogP contribution in [0.5, 0.6) is 17.2 Å². The summed E-state index contributed by atoms with van der Waals surface area (Å²) in [5, 5.41) is 28.4. The molecule has 258 valence electrons. The molecule has 1 N–H and O–H groups in total. The van der Waals surface area contributed by atoms with Gasteiger partial charge in [0.2, 0.25) is 11.8 Å². The average Bonchev–Trinajstić information content (AvgIpc) is 3.51. The number of benzene rings is 3. The molecule has 1 aliphatic rings. The summed E-state index contributed by atoms with van der Waals surface area (Å²) in [6.07, 6.45) is -1.08. The lowest BCUT2D eigenvalue weighted by atomic mass is 10.1. The lowest BCUT2D eigenvalue weighted by molar-refractivity contribution is 0.00712. The van der Waals surface area contributed by atoms with Gasteiger partial charge >= 0.3 is 6.09 Å². The van der Waals surface area contributed by atoms with Crippen molar-refractivity contribution in [3.8, 4) is 34.8 Å². The van der Waals surface area contributed by atoms with E-state index in [0.717, 1.165) is 5.56 Å². The predicted molar refractivity (Wildman–Crippen MR) is 181 cm³/mol. The van der Waals surface area contributed by atoms with Crippen molar-refractivity contribution in [1.29, 1.82) is 5.26 Å². The van der Waals surface area contributed by atoms with Gasteiger partial charge < -0.3 is 28.6 Å². The minimum absolute atomic E-state index is 0.0282. The second-order valence-corrected chi connectivity index (χ2v) is 13.5. The Labute approximate surface area is 293 Å². The molecule has 0 saturated carbocycles. The van der Waals surface area contributed by atoms with E-state index < -0.39 is 17.5 Å².